The molecular weight excluding hydrogens is 240 g/mol. The van der Waals surface area contributed by atoms with Crippen LogP contribution >= 0.6 is 0 Å². The SMILES string of the molecule is CCOC(=O)c1cc(C#N)c([N+](=O)[O-])cc1OC. The van der Waals surface area contributed by atoms with Crippen molar-refractivity contribution in [2.24, 2.45) is 0 Å². The lowest BCUT2D eigenvalue weighted by molar-refractivity contribution is -0.385. The van der Waals surface area contributed by atoms with Gasteiger partial charge in [0.1, 0.15) is 22.9 Å². The Bertz CT molecular complexity index is 533. The number of carbonyl (C=O) groups excluding carboxylic acids is 1. The zero-order chi connectivity index (χ0) is 13.7. The Morgan fingerprint density at radius 3 is 2.67 bits per heavy atom. The summed E-state index contributed by atoms with van der Waals surface area (Å²) in [5.74, 6) is -0.695. The first-order chi connectivity index (χ1) is 8.54. The van der Waals surface area contributed by atoms with Gasteiger partial charge in [0, 0.05) is 0 Å². The van der Waals surface area contributed by atoms with Crippen molar-refractivity contribution in [3.63, 3.8) is 0 Å². The van der Waals surface area contributed by atoms with Crippen molar-refractivity contribution in [3.05, 3.63) is 33.4 Å². The first-order valence-corrected chi connectivity index (χ1v) is 4.98. The van der Waals surface area contributed by atoms with Crippen LogP contribution in [0.4, 0.5) is 5.69 Å². The maximum atomic E-state index is 11.6. The highest BCUT2D eigenvalue weighted by molar-refractivity contribution is 5.93. The number of esters is 1. The molecule has 0 N–H and O–H groups in total. The molecule has 7 heteroatoms. The van der Waals surface area contributed by atoms with Crippen molar-refractivity contribution in [1.29, 1.82) is 5.26 Å². The Morgan fingerprint density at radius 2 is 2.22 bits per heavy atom. The maximum absolute atomic E-state index is 11.6. The summed E-state index contributed by atoms with van der Waals surface area (Å²) < 4.78 is 9.66. The second-order valence-electron chi connectivity index (χ2n) is 3.16. The van der Waals surface area contributed by atoms with Crippen LogP contribution in [-0.2, 0) is 4.74 Å². The summed E-state index contributed by atoms with van der Waals surface area (Å²) in [6, 6.07) is 3.79. The Labute approximate surface area is 103 Å². The van der Waals surface area contributed by atoms with E-state index in [9.17, 15) is 14.9 Å². The summed E-state index contributed by atoms with van der Waals surface area (Å²) in [6.07, 6.45) is 0. The maximum Gasteiger partial charge on any atom is 0.341 e. The number of nitro benzene ring substituents is 1. The number of nitrogens with zero attached hydrogens (tertiary/aromatic N) is 2. The van der Waals surface area contributed by atoms with Crippen molar-refractivity contribution >= 4 is 11.7 Å². The number of ether oxygens (including phenoxy) is 2. The third-order valence-corrected chi connectivity index (χ3v) is 2.13. The highest BCUT2D eigenvalue weighted by Gasteiger charge is 2.22. The number of nitriles is 1. The molecule has 18 heavy (non-hydrogen) atoms. The lowest BCUT2D eigenvalue weighted by Gasteiger charge is -2.08. The fourth-order valence-corrected chi connectivity index (χ4v) is 1.35. The number of methoxy groups -OCH3 is 1. The number of hydrogen-bond donors (Lipinski definition) is 0. The Balaban J connectivity index is 3.41. The Morgan fingerprint density at radius 1 is 1.56 bits per heavy atom. The second-order valence-corrected chi connectivity index (χ2v) is 3.16. The van der Waals surface area contributed by atoms with Gasteiger partial charge in [-0.2, -0.15) is 5.26 Å². The largest absolute Gasteiger partial charge is 0.496 e. The quantitative estimate of drug-likeness (QED) is 0.457. The van der Waals surface area contributed by atoms with Crippen molar-refractivity contribution in [1.82, 2.24) is 0 Å². The lowest BCUT2D eigenvalue weighted by Crippen LogP contribution is -2.08. The zero-order valence-electron chi connectivity index (χ0n) is 9.80. The van der Waals surface area contributed by atoms with E-state index in [1.54, 1.807) is 13.0 Å². The molecule has 0 atom stereocenters. The summed E-state index contributed by atoms with van der Waals surface area (Å²) >= 11 is 0. The molecule has 1 aromatic carbocycles. The smallest absolute Gasteiger partial charge is 0.341 e. The minimum atomic E-state index is -0.712. The molecule has 0 amide bonds. The molecule has 0 aromatic heterocycles. The minimum Gasteiger partial charge on any atom is -0.496 e. The van der Waals surface area contributed by atoms with Crippen molar-refractivity contribution < 1.29 is 19.2 Å². The highest BCUT2D eigenvalue weighted by atomic mass is 16.6. The molecule has 0 saturated heterocycles. The third-order valence-electron chi connectivity index (χ3n) is 2.13. The molecule has 0 aliphatic rings. The van der Waals surface area contributed by atoms with Gasteiger partial charge in [-0.15, -0.1) is 0 Å². The number of carbonyl (C=O) groups is 1. The Hall–Kier alpha value is -2.62. The molecule has 1 rings (SSSR count). The van der Waals surface area contributed by atoms with E-state index in [0.29, 0.717) is 0 Å². The summed E-state index contributed by atoms with van der Waals surface area (Å²) in [5, 5.41) is 19.6. The normalized spacial score (nSPS) is 9.39. The molecule has 7 nitrogen and oxygen atoms in total. The number of benzene rings is 1. The number of nitro groups is 1. The standard InChI is InChI=1S/C11H10N2O5/c1-3-18-11(14)8-4-7(6-12)9(13(15)16)5-10(8)17-2/h4-5H,3H2,1-2H3. The van der Waals surface area contributed by atoms with Crippen molar-refractivity contribution in [2.75, 3.05) is 13.7 Å². The topological polar surface area (TPSA) is 102 Å². The number of rotatable bonds is 4. The van der Waals surface area contributed by atoms with E-state index < -0.39 is 16.6 Å². The molecule has 0 aliphatic heterocycles. The Kier molecular flexibility index (Phi) is 4.21. The molecular formula is C11H10N2O5. The van der Waals surface area contributed by atoms with E-state index in [1.807, 2.05) is 0 Å². The van der Waals surface area contributed by atoms with E-state index in [0.717, 1.165) is 12.1 Å². The van der Waals surface area contributed by atoms with E-state index >= 15 is 0 Å². The van der Waals surface area contributed by atoms with Gasteiger partial charge in [-0.05, 0) is 13.0 Å². The second kappa shape index (κ2) is 5.63. The van der Waals surface area contributed by atoms with Gasteiger partial charge in [-0.25, -0.2) is 4.79 Å². The molecule has 0 aliphatic carbocycles. The van der Waals surface area contributed by atoms with Crippen LogP contribution in [0, 0.1) is 21.4 Å². The first kappa shape index (κ1) is 13.4. The van der Waals surface area contributed by atoms with Crippen LogP contribution in [0.15, 0.2) is 12.1 Å². The van der Waals surface area contributed by atoms with Crippen LogP contribution < -0.4 is 4.74 Å². The minimum absolute atomic E-state index is 0.000787. The van der Waals surface area contributed by atoms with Gasteiger partial charge in [-0.1, -0.05) is 0 Å². The molecule has 0 spiro atoms. The zero-order valence-corrected chi connectivity index (χ0v) is 9.80. The fourth-order valence-electron chi connectivity index (χ4n) is 1.35. The third kappa shape index (κ3) is 2.55. The predicted octanol–water partition coefficient (Wildman–Crippen LogP) is 1.65. The number of hydrogen-bond acceptors (Lipinski definition) is 6. The van der Waals surface area contributed by atoms with Crippen LogP contribution in [-0.4, -0.2) is 24.6 Å². The van der Waals surface area contributed by atoms with Gasteiger partial charge in [0.15, 0.2) is 0 Å². The lowest BCUT2D eigenvalue weighted by atomic mass is 10.1. The van der Waals surface area contributed by atoms with Crippen LogP contribution in [0.1, 0.15) is 22.8 Å². The van der Waals surface area contributed by atoms with Gasteiger partial charge >= 0.3 is 5.97 Å². The van der Waals surface area contributed by atoms with E-state index in [-0.39, 0.29) is 23.5 Å². The molecule has 0 bridgehead atoms. The molecule has 94 valence electrons. The van der Waals surface area contributed by atoms with Gasteiger partial charge in [0.2, 0.25) is 0 Å². The average Bonchev–Trinajstić information content (AvgIpc) is 2.37. The molecule has 1 aromatic rings. The van der Waals surface area contributed by atoms with Gasteiger partial charge in [-0.3, -0.25) is 10.1 Å². The van der Waals surface area contributed by atoms with Gasteiger partial charge in [0.25, 0.3) is 5.69 Å². The summed E-state index contributed by atoms with van der Waals surface area (Å²) in [6.45, 7) is 1.78. The average molecular weight is 250 g/mol. The molecule has 0 fully saturated rings. The summed E-state index contributed by atoms with van der Waals surface area (Å²) in [4.78, 5) is 21.6. The molecule has 0 unspecified atom stereocenters. The highest BCUT2D eigenvalue weighted by Crippen LogP contribution is 2.29. The van der Waals surface area contributed by atoms with Crippen molar-refractivity contribution in [3.8, 4) is 11.8 Å². The van der Waals surface area contributed by atoms with E-state index in [2.05, 4.69) is 0 Å². The summed E-state index contributed by atoms with van der Waals surface area (Å²) in [7, 11) is 1.27. The first-order valence-electron chi connectivity index (χ1n) is 4.98. The van der Waals surface area contributed by atoms with Gasteiger partial charge in [0.05, 0.1) is 24.7 Å². The van der Waals surface area contributed by atoms with Crippen LogP contribution in [0.5, 0.6) is 5.75 Å². The fraction of sp³-hybridized carbons (Fsp3) is 0.273. The van der Waals surface area contributed by atoms with Crippen LogP contribution in [0.2, 0.25) is 0 Å². The van der Waals surface area contributed by atoms with E-state index in [4.69, 9.17) is 14.7 Å². The van der Waals surface area contributed by atoms with Crippen LogP contribution in [0.3, 0.4) is 0 Å². The van der Waals surface area contributed by atoms with Gasteiger partial charge < -0.3 is 9.47 Å². The molecule has 0 heterocycles. The summed E-state index contributed by atoms with van der Waals surface area (Å²) in [5.41, 5.74) is -0.646. The predicted molar refractivity (Wildman–Crippen MR) is 60.3 cm³/mol. The molecule has 0 radical (unpaired) electrons. The van der Waals surface area contributed by atoms with Crippen molar-refractivity contribution in [2.45, 2.75) is 6.92 Å². The van der Waals surface area contributed by atoms with Crippen LogP contribution in [0.25, 0.3) is 0 Å². The molecule has 0 saturated carbocycles. The monoisotopic (exact) mass is 250 g/mol. The van der Waals surface area contributed by atoms with E-state index in [1.165, 1.54) is 7.11 Å².